The number of amides is 1. The molecule has 0 aliphatic rings. The summed E-state index contributed by atoms with van der Waals surface area (Å²) in [5, 5.41) is 12.6. The minimum atomic E-state index is -0.122. The number of aromatic amines is 1. The van der Waals surface area contributed by atoms with E-state index in [2.05, 4.69) is 20.8 Å². The molecule has 1 heterocycles. The Balaban J connectivity index is 0.00000144. The van der Waals surface area contributed by atoms with E-state index in [4.69, 9.17) is 12.2 Å². The quantitative estimate of drug-likeness (QED) is 0.503. The van der Waals surface area contributed by atoms with Crippen molar-refractivity contribution in [3.63, 3.8) is 0 Å². The SMILES string of the molecule is CC(=O)Nc1cccc(-n2[nH]nnc2=S)c1.[H-].[Na+]. The molecule has 0 spiro atoms. The third-order valence-electron chi connectivity index (χ3n) is 1.90. The van der Waals surface area contributed by atoms with Crippen LogP contribution in [0.5, 0.6) is 0 Å². The van der Waals surface area contributed by atoms with Crippen LogP contribution < -0.4 is 34.9 Å². The monoisotopic (exact) mass is 259 g/mol. The van der Waals surface area contributed by atoms with E-state index in [1.165, 1.54) is 6.92 Å². The zero-order valence-corrected chi connectivity index (χ0v) is 12.3. The Kier molecular flexibility index (Phi) is 5.01. The molecule has 0 aliphatic heterocycles. The van der Waals surface area contributed by atoms with Crippen molar-refractivity contribution in [2.45, 2.75) is 6.92 Å². The van der Waals surface area contributed by atoms with Crippen LogP contribution in [0.4, 0.5) is 5.69 Å². The van der Waals surface area contributed by atoms with Crippen molar-refractivity contribution in [3.8, 4) is 5.69 Å². The predicted octanol–water partition coefficient (Wildman–Crippen LogP) is -1.60. The summed E-state index contributed by atoms with van der Waals surface area (Å²) in [6, 6.07) is 7.21. The van der Waals surface area contributed by atoms with Gasteiger partial charge in [0, 0.05) is 12.6 Å². The van der Waals surface area contributed by atoms with Crippen molar-refractivity contribution in [1.29, 1.82) is 0 Å². The van der Waals surface area contributed by atoms with E-state index >= 15 is 0 Å². The van der Waals surface area contributed by atoms with Gasteiger partial charge in [-0.1, -0.05) is 16.4 Å². The fourth-order valence-electron chi connectivity index (χ4n) is 1.29. The fourth-order valence-corrected chi connectivity index (χ4v) is 1.48. The van der Waals surface area contributed by atoms with E-state index in [1.807, 2.05) is 12.1 Å². The largest absolute Gasteiger partial charge is 1.00 e. The first kappa shape index (κ1) is 14.0. The number of aromatic nitrogens is 4. The van der Waals surface area contributed by atoms with Gasteiger partial charge in [-0.15, -0.1) is 0 Å². The number of nitrogens with one attached hydrogen (secondary N) is 2. The maximum Gasteiger partial charge on any atom is 1.00 e. The van der Waals surface area contributed by atoms with Crippen LogP contribution in [0.3, 0.4) is 0 Å². The zero-order chi connectivity index (χ0) is 11.5. The van der Waals surface area contributed by atoms with E-state index in [9.17, 15) is 4.79 Å². The average Bonchev–Trinajstić information content (AvgIpc) is 2.64. The van der Waals surface area contributed by atoms with E-state index in [0.29, 0.717) is 10.5 Å². The number of carbonyl (C=O) groups excluding carboxylic acids is 1. The molecule has 84 valence electrons. The smallest absolute Gasteiger partial charge is 1.00 e. The molecule has 0 unspecified atom stereocenters. The van der Waals surface area contributed by atoms with Gasteiger partial charge in [-0.2, -0.15) is 5.21 Å². The summed E-state index contributed by atoms with van der Waals surface area (Å²) < 4.78 is 1.88. The van der Waals surface area contributed by atoms with Crippen LogP contribution in [0, 0.1) is 4.77 Å². The number of hydrogen-bond acceptors (Lipinski definition) is 4. The van der Waals surface area contributed by atoms with Crippen molar-refractivity contribution >= 4 is 23.8 Å². The molecule has 0 saturated carbocycles. The summed E-state index contributed by atoms with van der Waals surface area (Å²) >= 11 is 4.97. The van der Waals surface area contributed by atoms with Gasteiger partial charge in [0.15, 0.2) is 0 Å². The molecule has 0 fully saturated rings. The normalized spacial score (nSPS) is 9.47. The number of H-pyrrole nitrogens is 1. The van der Waals surface area contributed by atoms with Crippen molar-refractivity contribution < 1.29 is 35.8 Å². The molecule has 0 saturated heterocycles. The molecule has 0 atom stereocenters. The number of rotatable bonds is 2. The first-order chi connectivity index (χ1) is 7.66. The first-order valence-corrected chi connectivity index (χ1v) is 4.96. The van der Waals surface area contributed by atoms with Crippen LogP contribution in [0.25, 0.3) is 5.69 Å². The van der Waals surface area contributed by atoms with Gasteiger partial charge in [-0.3, -0.25) is 4.79 Å². The number of benzene rings is 1. The number of hydrogen-bond donors (Lipinski definition) is 2. The molecule has 0 aliphatic carbocycles. The van der Waals surface area contributed by atoms with Gasteiger partial charge in [-0.25, -0.2) is 4.68 Å². The Hall–Kier alpha value is -1.02. The first-order valence-electron chi connectivity index (χ1n) is 4.55. The Labute approximate surface area is 126 Å². The second-order valence-electron chi connectivity index (χ2n) is 3.15. The summed E-state index contributed by atoms with van der Waals surface area (Å²) in [6.45, 7) is 1.45. The summed E-state index contributed by atoms with van der Waals surface area (Å²) in [4.78, 5) is 10.9. The van der Waals surface area contributed by atoms with Crippen LogP contribution in [-0.4, -0.2) is 26.1 Å². The molecule has 2 N–H and O–H groups in total. The third-order valence-corrected chi connectivity index (χ3v) is 2.16. The van der Waals surface area contributed by atoms with Gasteiger partial charge >= 0.3 is 29.6 Å². The summed E-state index contributed by atoms with van der Waals surface area (Å²) in [6.07, 6.45) is 0. The maximum atomic E-state index is 10.9. The molecule has 0 bridgehead atoms. The van der Waals surface area contributed by atoms with Crippen LogP contribution in [0.15, 0.2) is 24.3 Å². The van der Waals surface area contributed by atoms with E-state index in [1.54, 1.807) is 16.8 Å². The van der Waals surface area contributed by atoms with Crippen molar-refractivity contribution in [2.24, 2.45) is 0 Å². The van der Waals surface area contributed by atoms with Crippen molar-refractivity contribution in [2.75, 3.05) is 5.32 Å². The zero-order valence-electron chi connectivity index (χ0n) is 10.5. The van der Waals surface area contributed by atoms with Crippen LogP contribution in [0.2, 0.25) is 0 Å². The Morgan fingerprint density at radius 1 is 1.59 bits per heavy atom. The van der Waals surface area contributed by atoms with Crippen molar-refractivity contribution in [3.05, 3.63) is 29.0 Å². The number of anilines is 1. The second kappa shape index (κ2) is 6.06. The minimum Gasteiger partial charge on any atom is -1.00 e. The maximum absolute atomic E-state index is 10.9. The molecule has 2 rings (SSSR count). The number of nitrogens with zero attached hydrogens (tertiary/aromatic N) is 3. The average molecular weight is 259 g/mol. The number of carbonyl (C=O) groups is 1. The Morgan fingerprint density at radius 3 is 2.94 bits per heavy atom. The van der Waals surface area contributed by atoms with Gasteiger partial charge in [0.2, 0.25) is 10.7 Å². The minimum absolute atomic E-state index is 0. The molecule has 6 nitrogen and oxygen atoms in total. The van der Waals surface area contributed by atoms with Gasteiger partial charge in [0.25, 0.3) is 0 Å². The molecule has 1 aromatic heterocycles. The van der Waals surface area contributed by atoms with Crippen LogP contribution >= 0.6 is 12.2 Å². The van der Waals surface area contributed by atoms with E-state index in [-0.39, 0.29) is 36.9 Å². The molecule has 17 heavy (non-hydrogen) atoms. The van der Waals surface area contributed by atoms with Gasteiger partial charge in [0.05, 0.1) is 5.69 Å². The molecular formula is C9H10N5NaOS. The molecule has 1 aromatic carbocycles. The predicted molar refractivity (Wildman–Crippen MR) is 62.0 cm³/mol. The summed E-state index contributed by atoms with van der Waals surface area (Å²) in [5.41, 5.74) is 1.46. The summed E-state index contributed by atoms with van der Waals surface area (Å²) in [5.74, 6) is -0.122. The van der Waals surface area contributed by atoms with Gasteiger partial charge in [-0.05, 0) is 30.4 Å². The molecule has 0 radical (unpaired) electrons. The standard InChI is InChI=1S/C9H9N5OS.Na.H/c1-6(15)10-7-3-2-4-8(5-7)14-9(16)11-12-13-14;;/h2-5H,1H3,(H,10,15)(H,11,13,16);;/q;+1;-1. The molecule has 8 heteroatoms. The van der Waals surface area contributed by atoms with Crippen LogP contribution in [0.1, 0.15) is 8.35 Å². The van der Waals surface area contributed by atoms with Gasteiger partial charge < -0.3 is 6.74 Å². The molecule has 2 aromatic rings. The topological polar surface area (TPSA) is 75.6 Å². The van der Waals surface area contributed by atoms with Crippen LogP contribution in [-0.2, 0) is 4.79 Å². The Morgan fingerprint density at radius 2 is 2.35 bits per heavy atom. The molecular weight excluding hydrogens is 249 g/mol. The Bertz CT molecular complexity index is 584. The molecule has 1 amide bonds. The van der Waals surface area contributed by atoms with E-state index in [0.717, 1.165) is 5.69 Å². The fraction of sp³-hybridized carbons (Fsp3) is 0.111. The van der Waals surface area contributed by atoms with E-state index < -0.39 is 0 Å². The third kappa shape index (κ3) is 3.47. The summed E-state index contributed by atoms with van der Waals surface area (Å²) in [7, 11) is 0. The van der Waals surface area contributed by atoms with Crippen molar-refractivity contribution in [1.82, 2.24) is 20.2 Å². The number of tetrazole rings is 1. The van der Waals surface area contributed by atoms with Gasteiger partial charge in [0.1, 0.15) is 0 Å². The second-order valence-corrected chi connectivity index (χ2v) is 3.51.